The molecule has 3 amide bonds. The molecule has 8 nitrogen and oxygen atoms in total. The second kappa shape index (κ2) is 16.9. The smallest absolute Gasteiger partial charge is 0.407 e. The first-order valence-corrected chi connectivity index (χ1v) is 14.9. The second-order valence-electron chi connectivity index (χ2n) is 11.6. The summed E-state index contributed by atoms with van der Waals surface area (Å²) in [7, 11) is 1.74. The lowest BCUT2D eigenvalue weighted by Gasteiger charge is -2.21. The number of benzene rings is 3. The molecule has 0 fully saturated rings. The van der Waals surface area contributed by atoms with Crippen LogP contribution in [-0.2, 0) is 33.7 Å². The summed E-state index contributed by atoms with van der Waals surface area (Å²) in [5, 5.41) is 5.49. The molecular weight excluding hydrogens is 542 g/mol. The summed E-state index contributed by atoms with van der Waals surface area (Å²) < 4.78 is 10.4. The fraction of sp³-hybridized carbons (Fsp3) is 0.400. The maximum Gasteiger partial charge on any atom is 0.407 e. The molecule has 43 heavy (non-hydrogen) atoms. The molecule has 0 radical (unpaired) electrons. The summed E-state index contributed by atoms with van der Waals surface area (Å²) in [6, 6.07) is 26.5. The molecule has 230 valence electrons. The lowest BCUT2D eigenvalue weighted by molar-refractivity contribution is -0.129. The number of rotatable bonds is 14. The number of carbonyl (C=O) groups excluding carboxylic acids is 3. The van der Waals surface area contributed by atoms with Gasteiger partial charge < -0.3 is 25.0 Å². The maximum absolute atomic E-state index is 12.5. The summed E-state index contributed by atoms with van der Waals surface area (Å²) >= 11 is 0. The molecule has 0 aliphatic heterocycles. The Balaban J connectivity index is 1.31. The van der Waals surface area contributed by atoms with Crippen LogP contribution < -0.4 is 10.6 Å². The van der Waals surface area contributed by atoms with Gasteiger partial charge in [0.15, 0.2) is 0 Å². The first-order chi connectivity index (χ1) is 20.6. The average molecular weight is 588 g/mol. The second-order valence-corrected chi connectivity index (χ2v) is 11.6. The topological polar surface area (TPSA) is 97.0 Å². The quantitative estimate of drug-likeness (QED) is 0.209. The highest BCUT2D eigenvalue weighted by Crippen LogP contribution is 2.21. The van der Waals surface area contributed by atoms with Crippen LogP contribution in [0.25, 0.3) is 11.1 Å². The monoisotopic (exact) mass is 587 g/mol. The predicted molar refractivity (Wildman–Crippen MR) is 170 cm³/mol. The molecule has 0 aromatic heterocycles. The van der Waals surface area contributed by atoms with Gasteiger partial charge in [-0.05, 0) is 74.3 Å². The van der Waals surface area contributed by atoms with Crippen molar-refractivity contribution < 1.29 is 23.9 Å². The summed E-state index contributed by atoms with van der Waals surface area (Å²) in [6.45, 7) is 7.06. The van der Waals surface area contributed by atoms with Gasteiger partial charge in [0, 0.05) is 33.1 Å². The SMILES string of the molecule is CN(CCNC(=O)OC(C)(C)C)C(=O)CCc1ccc(-c2ccc(CCCCNC(=O)OCc3ccccc3)cc2)cc1. The van der Waals surface area contributed by atoms with Crippen LogP contribution >= 0.6 is 0 Å². The number of unbranched alkanes of at least 4 members (excludes halogenated alkanes) is 1. The molecule has 0 unspecified atom stereocenters. The fourth-order valence-electron chi connectivity index (χ4n) is 4.35. The van der Waals surface area contributed by atoms with E-state index in [1.54, 1.807) is 11.9 Å². The van der Waals surface area contributed by atoms with Crippen LogP contribution in [0.4, 0.5) is 9.59 Å². The van der Waals surface area contributed by atoms with Crippen LogP contribution in [0.15, 0.2) is 78.9 Å². The molecule has 0 spiro atoms. The molecule has 0 aliphatic rings. The van der Waals surface area contributed by atoms with Gasteiger partial charge in [-0.15, -0.1) is 0 Å². The minimum Gasteiger partial charge on any atom is -0.445 e. The number of hydrogen-bond acceptors (Lipinski definition) is 5. The van der Waals surface area contributed by atoms with Crippen molar-refractivity contribution in [2.45, 2.75) is 65.1 Å². The summed E-state index contributed by atoms with van der Waals surface area (Å²) in [6.07, 6.45) is 2.99. The third kappa shape index (κ3) is 13.0. The highest BCUT2D eigenvalue weighted by Gasteiger charge is 2.16. The van der Waals surface area contributed by atoms with E-state index in [9.17, 15) is 14.4 Å². The van der Waals surface area contributed by atoms with Gasteiger partial charge in [-0.2, -0.15) is 0 Å². The zero-order chi connectivity index (χ0) is 31.1. The van der Waals surface area contributed by atoms with Gasteiger partial charge in [0.05, 0.1) is 0 Å². The lowest BCUT2D eigenvalue weighted by Crippen LogP contribution is -2.38. The third-order valence-corrected chi connectivity index (χ3v) is 6.78. The van der Waals surface area contributed by atoms with Crippen LogP contribution in [0.1, 0.15) is 56.7 Å². The number of nitrogens with one attached hydrogen (secondary N) is 2. The van der Waals surface area contributed by atoms with Crippen LogP contribution in [0.2, 0.25) is 0 Å². The van der Waals surface area contributed by atoms with Gasteiger partial charge in [0.2, 0.25) is 5.91 Å². The van der Waals surface area contributed by atoms with Gasteiger partial charge in [0.1, 0.15) is 12.2 Å². The van der Waals surface area contributed by atoms with Crippen molar-refractivity contribution >= 4 is 18.1 Å². The van der Waals surface area contributed by atoms with E-state index < -0.39 is 11.7 Å². The Morgan fingerprint density at radius 1 is 0.698 bits per heavy atom. The maximum atomic E-state index is 12.5. The lowest BCUT2D eigenvalue weighted by atomic mass is 9.99. The number of nitrogens with zero attached hydrogens (tertiary/aromatic N) is 1. The van der Waals surface area contributed by atoms with Crippen molar-refractivity contribution in [2.24, 2.45) is 0 Å². The molecule has 3 aromatic rings. The Morgan fingerprint density at radius 2 is 1.28 bits per heavy atom. The summed E-state index contributed by atoms with van der Waals surface area (Å²) in [5.41, 5.74) is 5.06. The van der Waals surface area contributed by atoms with E-state index in [0.29, 0.717) is 32.5 Å². The molecule has 2 N–H and O–H groups in total. The zero-order valence-electron chi connectivity index (χ0n) is 25.9. The van der Waals surface area contributed by atoms with Gasteiger partial charge in [-0.3, -0.25) is 4.79 Å². The number of amides is 3. The molecule has 0 bridgehead atoms. The predicted octanol–water partition coefficient (Wildman–Crippen LogP) is 6.52. The van der Waals surface area contributed by atoms with Gasteiger partial charge in [-0.25, -0.2) is 9.59 Å². The summed E-state index contributed by atoms with van der Waals surface area (Å²) in [4.78, 5) is 37.8. The Labute approximate surface area is 255 Å². The van der Waals surface area contributed by atoms with E-state index in [1.807, 2.05) is 51.1 Å². The van der Waals surface area contributed by atoms with E-state index in [1.165, 1.54) is 5.56 Å². The van der Waals surface area contributed by atoms with Crippen molar-refractivity contribution in [3.63, 3.8) is 0 Å². The molecule has 0 heterocycles. The molecular formula is C35H45N3O5. The van der Waals surface area contributed by atoms with Gasteiger partial charge in [-0.1, -0.05) is 78.9 Å². The van der Waals surface area contributed by atoms with E-state index in [4.69, 9.17) is 9.47 Å². The first-order valence-electron chi connectivity index (χ1n) is 14.9. The van der Waals surface area contributed by atoms with Gasteiger partial charge >= 0.3 is 12.2 Å². The Bertz CT molecular complexity index is 1290. The number of carbonyl (C=O) groups is 3. The Hall–Kier alpha value is -4.33. The van der Waals surface area contributed by atoms with Crippen molar-refractivity contribution in [3.8, 4) is 11.1 Å². The standard InChI is InChI=1S/C35H45N3O5/c1-35(2,3)43-34(41)37-24-25-38(4)32(39)22-17-28-15-20-31(21-16-28)30-18-13-27(14-19-30)10-8-9-23-36-33(40)42-26-29-11-6-5-7-12-29/h5-7,11-16,18-21H,8-10,17,22-26H2,1-4H3,(H,36,40)(H,37,41). The number of aryl methyl sites for hydroxylation is 2. The number of hydrogen-bond donors (Lipinski definition) is 2. The minimum atomic E-state index is -0.549. The zero-order valence-corrected chi connectivity index (χ0v) is 25.9. The molecule has 0 atom stereocenters. The van der Waals surface area contributed by atoms with Crippen LogP contribution in [0.5, 0.6) is 0 Å². The molecule has 3 rings (SSSR count). The van der Waals surface area contributed by atoms with Crippen LogP contribution in [0, 0.1) is 0 Å². The largest absolute Gasteiger partial charge is 0.445 e. The molecule has 3 aromatic carbocycles. The van der Waals surface area contributed by atoms with E-state index in [0.717, 1.165) is 41.5 Å². The Morgan fingerprint density at radius 3 is 1.88 bits per heavy atom. The van der Waals surface area contributed by atoms with Crippen molar-refractivity contribution in [3.05, 3.63) is 95.6 Å². The average Bonchev–Trinajstić information content (AvgIpc) is 2.99. The van der Waals surface area contributed by atoms with Crippen LogP contribution in [0.3, 0.4) is 0 Å². The highest BCUT2D eigenvalue weighted by atomic mass is 16.6. The number of alkyl carbamates (subject to hydrolysis) is 2. The van der Waals surface area contributed by atoms with Crippen LogP contribution in [-0.4, -0.2) is 55.3 Å². The van der Waals surface area contributed by atoms with Crippen molar-refractivity contribution in [2.75, 3.05) is 26.7 Å². The highest BCUT2D eigenvalue weighted by molar-refractivity contribution is 5.76. The first kappa shape index (κ1) is 33.2. The van der Waals surface area contributed by atoms with E-state index in [-0.39, 0.29) is 18.6 Å². The number of likely N-dealkylation sites (N-methyl/N-ethyl adjacent to an activating group) is 1. The number of ether oxygens (including phenoxy) is 2. The van der Waals surface area contributed by atoms with Crippen molar-refractivity contribution in [1.82, 2.24) is 15.5 Å². The Kier molecular flexibility index (Phi) is 13.1. The van der Waals surface area contributed by atoms with Gasteiger partial charge in [0.25, 0.3) is 0 Å². The van der Waals surface area contributed by atoms with Crippen molar-refractivity contribution in [1.29, 1.82) is 0 Å². The van der Waals surface area contributed by atoms with E-state index >= 15 is 0 Å². The normalized spacial score (nSPS) is 11.0. The van der Waals surface area contributed by atoms with E-state index in [2.05, 4.69) is 59.2 Å². The minimum absolute atomic E-state index is 0.0319. The molecule has 0 saturated heterocycles. The molecule has 0 aliphatic carbocycles. The third-order valence-electron chi connectivity index (χ3n) is 6.78. The molecule has 8 heteroatoms. The summed E-state index contributed by atoms with van der Waals surface area (Å²) in [5.74, 6) is 0.0319. The molecule has 0 saturated carbocycles. The fourth-order valence-corrected chi connectivity index (χ4v) is 4.35.